The van der Waals surface area contributed by atoms with Gasteiger partial charge in [-0.05, 0) is 0 Å². The van der Waals surface area contributed by atoms with E-state index < -0.39 is 6.10 Å². The van der Waals surface area contributed by atoms with Gasteiger partial charge in [0, 0.05) is 11.9 Å². The summed E-state index contributed by atoms with van der Waals surface area (Å²) >= 11 is 1.55. The van der Waals surface area contributed by atoms with Crippen molar-refractivity contribution in [2.45, 2.75) is 11.0 Å². The fourth-order valence-electron chi connectivity index (χ4n) is 0.996. The summed E-state index contributed by atoms with van der Waals surface area (Å²) in [6.45, 7) is 0. The van der Waals surface area contributed by atoms with Crippen LogP contribution in [-0.2, 0) is 0 Å². The van der Waals surface area contributed by atoms with Gasteiger partial charge in [0.15, 0.2) is 0 Å². The van der Waals surface area contributed by atoms with Crippen LogP contribution in [0.4, 0.5) is 5.95 Å². The van der Waals surface area contributed by atoms with E-state index in [1.54, 1.807) is 18.0 Å². The number of thioether (sulfide) groups is 1. The summed E-state index contributed by atoms with van der Waals surface area (Å²) in [4.78, 5) is 8.69. The Morgan fingerprint density at radius 2 is 2.55 bits per heavy atom. The van der Waals surface area contributed by atoms with Gasteiger partial charge in [0.05, 0.1) is 10.6 Å². The van der Waals surface area contributed by atoms with Crippen molar-refractivity contribution < 1.29 is 5.11 Å². The van der Waals surface area contributed by atoms with Crippen molar-refractivity contribution >= 4 is 17.7 Å². The van der Waals surface area contributed by atoms with E-state index in [0.717, 1.165) is 4.90 Å². The Hall–Kier alpha value is -0.810. The first-order valence-corrected chi connectivity index (χ1v) is 4.19. The van der Waals surface area contributed by atoms with Crippen LogP contribution in [0.5, 0.6) is 0 Å². The molecule has 0 radical (unpaired) electrons. The van der Waals surface area contributed by atoms with E-state index in [1.165, 1.54) is 0 Å². The first kappa shape index (κ1) is 6.87. The third-order valence-corrected chi connectivity index (χ3v) is 2.62. The van der Waals surface area contributed by atoms with Crippen LogP contribution in [0, 0.1) is 0 Å². The second kappa shape index (κ2) is 2.35. The molecule has 1 aliphatic rings. The minimum atomic E-state index is -0.472. The van der Waals surface area contributed by atoms with Crippen molar-refractivity contribution in [2.24, 2.45) is 0 Å². The number of nitrogens with two attached hydrogens (primary N) is 1. The second-order valence-electron chi connectivity index (χ2n) is 2.30. The SMILES string of the molecule is Nc1ncc2c(n1)C(O)CS2. The zero-order valence-electron chi connectivity index (χ0n) is 5.69. The van der Waals surface area contributed by atoms with E-state index in [9.17, 15) is 5.11 Å². The number of aliphatic hydroxyl groups excluding tert-OH is 1. The van der Waals surface area contributed by atoms with Gasteiger partial charge in [-0.1, -0.05) is 0 Å². The standard InChI is InChI=1S/C6H7N3OS/c7-6-8-1-4-5(9-6)3(10)2-11-4/h1,3,10H,2H2,(H2,7,8,9). The van der Waals surface area contributed by atoms with E-state index in [0.29, 0.717) is 11.4 Å². The Labute approximate surface area is 67.9 Å². The van der Waals surface area contributed by atoms with Crippen molar-refractivity contribution in [3.63, 3.8) is 0 Å². The maximum Gasteiger partial charge on any atom is 0.220 e. The monoisotopic (exact) mass is 169 g/mol. The lowest BCUT2D eigenvalue weighted by Crippen LogP contribution is -2.01. The summed E-state index contributed by atoms with van der Waals surface area (Å²) < 4.78 is 0. The molecule has 5 heteroatoms. The summed E-state index contributed by atoms with van der Waals surface area (Å²) in [6, 6.07) is 0. The molecule has 0 spiro atoms. The number of fused-ring (bicyclic) bond motifs is 1. The molecule has 0 saturated heterocycles. The van der Waals surface area contributed by atoms with Crippen LogP contribution in [-0.4, -0.2) is 20.8 Å². The molecule has 1 aromatic heterocycles. The smallest absolute Gasteiger partial charge is 0.220 e. The molecule has 11 heavy (non-hydrogen) atoms. The Kier molecular flexibility index (Phi) is 1.47. The van der Waals surface area contributed by atoms with Crippen LogP contribution >= 0.6 is 11.8 Å². The van der Waals surface area contributed by atoms with Crippen molar-refractivity contribution in [3.8, 4) is 0 Å². The predicted octanol–water partition coefficient (Wildman–Crippen LogP) is 0.198. The Bertz CT molecular complexity index is 291. The van der Waals surface area contributed by atoms with E-state index in [2.05, 4.69) is 9.97 Å². The first-order chi connectivity index (χ1) is 5.27. The van der Waals surface area contributed by atoms with Gasteiger partial charge >= 0.3 is 0 Å². The zero-order valence-corrected chi connectivity index (χ0v) is 6.51. The van der Waals surface area contributed by atoms with Crippen LogP contribution in [0.1, 0.15) is 11.8 Å². The molecule has 1 unspecified atom stereocenters. The number of rotatable bonds is 0. The van der Waals surface area contributed by atoms with Gasteiger partial charge < -0.3 is 10.8 Å². The summed E-state index contributed by atoms with van der Waals surface area (Å²) in [5.41, 5.74) is 6.02. The summed E-state index contributed by atoms with van der Waals surface area (Å²) in [5.74, 6) is 0.887. The van der Waals surface area contributed by atoms with Gasteiger partial charge in [0.1, 0.15) is 6.10 Å². The zero-order chi connectivity index (χ0) is 7.84. The van der Waals surface area contributed by atoms with Gasteiger partial charge in [-0.2, -0.15) is 0 Å². The number of nitrogens with zero attached hydrogens (tertiary/aromatic N) is 2. The molecule has 0 aromatic carbocycles. The Morgan fingerprint density at radius 3 is 3.36 bits per heavy atom. The third-order valence-electron chi connectivity index (χ3n) is 1.51. The van der Waals surface area contributed by atoms with Crippen LogP contribution in [0.25, 0.3) is 0 Å². The van der Waals surface area contributed by atoms with Crippen LogP contribution in [0.2, 0.25) is 0 Å². The highest BCUT2D eigenvalue weighted by atomic mass is 32.2. The van der Waals surface area contributed by atoms with Crippen molar-refractivity contribution in [1.82, 2.24) is 9.97 Å². The molecule has 58 valence electrons. The number of nitrogen functional groups attached to an aromatic ring is 1. The molecule has 1 aliphatic heterocycles. The highest BCUT2D eigenvalue weighted by molar-refractivity contribution is 7.99. The average Bonchev–Trinajstić information content (AvgIpc) is 2.33. The molecule has 1 atom stereocenters. The molecule has 2 heterocycles. The third kappa shape index (κ3) is 1.06. The highest BCUT2D eigenvalue weighted by Gasteiger charge is 2.22. The molecule has 0 fully saturated rings. The summed E-state index contributed by atoms with van der Waals surface area (Å²) in [5, 5.41) is 9.34. The average molecular weight is 169 g/mol. The van der Waals surface area contributed by atoms with Crippen LogP contribution < -0.4 is 5.73 Å². The maximum atomic E-state index is 9.34. The molecular weight excluding hydrogens is 162 g/mol. The van der Waals surface area contributed by atoms with Crippen molar-refractivity contribution in [3.05, 3.63) is 11.9 Å². The van der Waals surface area contributed by atoms with E-state index in [-0.39, 0.29) is 5.95 Å². The minimum Gasteiger partial charge on any atom is -0.386 e. The van der Waals surface area contributed by atoms with E-state index in [4.69, 9.17) is 5.73 Å². The van der Waals surface area contributed by atoms with Gasteiger partial charge in [-0.15, -0.1) is 11.8 Å². The summed E-state index contributed by atoms with van der Waals surface area (Å²) in [7, 11) is 0. The summed E-state index contributed by atoms with van der Waals surface area (Å²) in [6.07, 6.45) is 1.18. The van der Waals surface area contributed by atoms with Crippen LogP contribution in [0.15, 0.2) is 11.1 Å². The van der Waals surface area contributed by atoms with Gasteiger partial charge in [0.25, 0.3) is 0 Å². The lowest BCUT2D eigenvalue weighted by atomic mass is 10.3. The number of aromatic nitrogens is 2. The topological polar surface area (TPSA) is 72.0 Å². The molecular formula is C6H7N3OS. The molecule has 1 aromatic rings. The van der Waals surface area contributed by atoms with E-state index in [1.807, 2.05) is 0 Å². The minimum absolute atomic E-state index is 0.227. The first-order valence-electron chi connectivity index (χ1n) is 3.20. The number of hydrogen-bond acceptors (Lipinski definition) is 5. The maximum absolute atomic E-state index is 9.34. The fraction of sp³-hybridized carbons (Fsp3) is 0.333. The van der Waals surface area contributed by atoms with Crippen molar-refractivity contribution in [1.29, 1.82) is 0 Å². The molecule has 0 saturated carbocycles. The van der Waals surface area contributed by atoms with E-state index >= 15 is 0 Å². The predicted molar refractivity (Wildman–Crippen MR) is 42.1 cm³/mol. The molecule has 0 aliphatic carbocycles. The van der Waals surface area contributed by atoms with Crippen LogP contribution in [0.3, 0.4) is 0 Å². The van der Waals surface area contributed by atoms with Gasteiger partial charge in [-0.25, -0.2) is 9.97 Å². The Morgan fingerprint density at radius 1 is 1.73 bits per heavy atom. The number of hydrogen-bond donors (Lipinski definition) is 2. The lowest BCUT2D eigenvalue weighted by Gasteiger charge is -2.00. The molecule has 4 nitrogen and oxygen atoms in total. The molecule has 0 bridgehead atoms. The second-order valence-corrected chi connectivity index (χ2v) is 3.37. The Balaban J connectivity index is 2.52. The largest absolute Gasteiger partial charge is 0.386 e. The number of aliphatic hydroxyl groups is 1. The lowest BCUT2D eigenvalue weighted by molar-refractivity contribution is 0.200. The molecule has 3 N–H and O–H groups in total. The number of anilines is 1. The fourth-order valence-corrected chi connectivity index (χ4v) is 1.95. The van der Waals surface area contributed by atoms with Crippen molar-refractivity contribution in [2.75, 3.05) is 11.5 Å². The normalized spacial score (nSPS) is 21.7. The molecule has 0 amide bonds. The molecule has 2 rings (SSSR count). The van der Waals surface area contributed by atoms with Gasteiger partial charge in [0.2, 0.25) is 5.95 Å². The highest BCUT2D eigenvalue weighted by Crippen LogP contribution is 2.35. The van der Waals surface area contributed by atoms with Gasteiger partial charge in [-0.3, -0.25) is 0 Å². The quantitative estimate of drug-likeness (QED) is 0.580.